The lowest BCUT2D eigenvalue weighted by Gasteiger charge is -2.10. The molecular weight excluding hydrogens is 445 g/mol. The van der Waals surface area contributed by atoms with Crippen molar-refractivity contribution in [1.82, 2.24) is 4.98 Å². The Kier molecular flexibility index (Phi) is 9.72. The van der Waals surface area contributed by atoms with Gasteiger partial charge >= 0.3 is 0 Å². The second-order valence-electron chi connectivity index (χ2n) is 9.97. The van der Waals surface area contributed by atoms with Gasteiger partial charge in [-0.3, -0.25) is 0 Å². The Morgan fingerprint density at radius 2 is 1.31 bits per heavy atom. The molecule has 36 heavy (non-hydrogen) atoms. The molecule has 4 aromatic rings. The maximum absolute atomic E-state index is 15.1. The Bertz CT molecular complexity index is 1250. The largest absolute Gasteiger partial charge is 0.494 e. The first-order valence-corrected chi connectivity index (χ1v) is 13.9. The first-order chi connectivity index (χ1) is 17.7. The zero-order valence-electron chi connectivity index (χ0n) is 22.0. The van der Waals surface area contributed by atoms with Gasteiger partial charge in [0.05, 0.1) is 12.1 Å². The highest BCUT2D eigenvalue weighted by Crippen LogP contribution is 2.31. The predicted octanol–water partition coefficient (Wildman–Crippen LogP) is 10.1. The number of benzene rings is 3. The van der Waals surface area contributed by atoms with E-state index in [0.717, 1.165) is 53.5 Å². The van der Waals surface area contributed by atoms with Gasteiger partial charge in [-0.15, -0.1) is 0 Å². The number of aryl methyl sites for hydroxylation is 1. The van der Waals surface area contributed by atoms with Gasteiger partial charge in [-0.05, 0) is 65.6 Å². The summed E-state index contributed by atoms with van der Waals surface area (Å²) in [4.78, 5) is 4.35. The number of pyridine rings is 1. The van der Waals surface area contributed by atoms with Crippen LogP contribution in [0.2, 0.25) is 0 Å². The van der Waals surface area contributed by atoms with E-state index in [4.69, 9.17) is 4.74 Å². The van der Waals surface area contributed by atoms with Gasteiger partial charge < -0.3 is 4.74 Å². The molecule has 0 spiro atoms. The molecule has 3 aromatic carbocycles. The molecule has 3 heteroatoms. The van der Waals surface area contributed by atoms with Gasteiger partial charge in [-0.1, -0.05) is 102 Å². The molecule has 0 atom stereocenters. The third kappa shape index (κ3) is 6.84. The number of fused-ring (bicyclic) bond motifs is 3. The molecule has 2 nitrogen and oxygen atoms in total. The molecule has 0 fully saturated rings. The highest BCUT2D eigenvalue weighted by Gasteiger charge is 2.11. The van der Waals surface area contributed by atoms with Crippen LogP contribution in [0.5, 0.6) is 5.75 Å². The van der Waals surface area contributed by atoms with Gasteiger partial charge in [0.15, 0.2) is 0 Å². The van der Waals surface area contributed by atoms with Gasteiger partial charge in [0.1, 0.15) is 5.75 Å². The normalized spacial score (nSPS) is 11.4. The van der Waals surface area contributed by atoms with Crippen molar-refractivity contribution in [1.29, 1.82) is 0 Å². The lowest BCUT2D eigenvalue weighted by molar-refractivity contribution is 0.305. The maximum Gasteiger partial charge on any atom is 0.221 e. The standard InChI is InChI=1S/C33H40FNO/c1-3-5-7-9-10-11-13-25-14-20-29-30-21-17-27(24-32(30)35-33(34)31(29)23-25)26-15-18-28(19-16-26)36-22-12-8-6-4-2/h14-21,23-24H,3-13,22H2,1-2H3. The number of ether oxygens (including phenoxy) is 1. The Balaban J connectivity index is 1.46. The molecule has 0 N–H and O–H groups in total. The van der Waals surface area contributed by atoms with Crippen LogP contribution in [0.25, 0.3) is 32.8 Å². The predicted molar refractivity (Wildman–Crippen MR) is 151 cm³/mol. The molecule has 0 aliphatic heterocycles. The molecule has 190 valence electrons. The molecule has 1 heterocycles. The van der Waals surface area contributed by atoms with Crippen LogP contribution in [0.15, 0.2) is 60.7 Å². The molecular formula is C33H40FNO. The summed E-state index contributed by atoms with van der Waals surface area (Å²) in [6.45, 7) is 5.21. The molecule has 1 aromatic heterocycles. The van der Waals surface area contributed by atoms with Crippen LogP contribution in [-0.2, 0) is 6.42 Å². The van der Waals surface area contributed by atoms with E-state index in [1.165, 1.54) is 56.9 Å². The maximum atomic E-state index is 15.1. The van der Waals surface area contributed by atoms with E-state index in [2.05, 4.69) is 55.2 Å². The number of unbranched alkanes of at least 4 members (excludes halogenated alkanes) is 8. The fraction of sp³-hybridized carbons (Fsp3) is 0.424. The molecule has 0 aliphatic rings. The summed E-state index contributed by atoms with van der Waals surface area (Å²) >= 11 is 0. The molecule has 0 unspecified atom stereocenters. The van der Waals surface area contributed by atoms with Gasteiger partial charge in [-0.2, -0.15) is 4.39 Å². The minimum absolute atomic E-state index is 0.383. The number of halogens is 1. The molecule has 0 saturated heterocycles. The summed E-state index contributed by atoms with van der Waals surface area (Å²) in [5.41, 5.74) is 3.99. The lowest BCUT2D eigenvalue weighted by Crippen LogP contribution is -1.97. The third-order valence-corrected chi connectivity index (χ3v) is 7.09. The summed E-state index contributed by atoms with van der Waals surface area (Å²) in [5.74, 6) is 0.509. The minimum atomic E-state index is -0.383. The van der Waals surface area contributed by atoms with Crippen molar-refractivity contribution in [2.24, 2.45) is 0 Å². The van der Waals surface area contributed by atoms with Crippen LogP contribution < -0.4 is 4.74 Å². The van der Waals surface area contributed by atoms with Crippen LogP contribution in [0, 0.1) is 5.95 Å². The second-order valence-corrected chi connectivity index (χ2v) is 9.97. The van der Waals surface area contributed by atoms with Crippen molar-refractivity contribution >= 4 is 21.7 Å². The summed E-state index contributed by atoms with van der Waals surface area (Å²) in [6.07, 6.45) is 13.4. The Labute approximate surface area is 215 Å². The molecule has 0 bridgehead atoms. The van der Waals surface area contributed by atoms with E-state index in [0.29, 0.717) is 10.9 Å². The molecule has 0 amide bonds. The fourth-order valence-corrected chi connectivity index (χ4v) is 4.92. The first kappa shape index (κ1) is 26.1. The van der Waals surface area contributed by atoms with Crippen LogP contribution in [0.1, 0.15) is 83.6 Å². The number of rotatable bonds is 14. The van der Waals surface area contributed by atoms with Crippen molar-refractivity contribution < 1.29 is 9.13 Å². The van der Waals surface area contributed by atoms with Gasteiger partial charge in [0.2, 0.25) is 5.95 Å². The molecule has 0 saturated carbocycles. The van der Waals surface area contributed by atoms with E-state index >= 15 is 4.39 Å². The Hall–Kier alpha value is -2.94. The van der Waals surface area contributed by atoms with Crippen LogP contribution in [0.3, 0.4) is 0 Å². The summed E-state index contributed by atoms with van der Waals surface area (Å²) < 4.78 is 21.0. The summed E-state index contributed by atoms with van der Waals surface area (Å²) in [5, 5.41) is 2.55. The number of hydrogen-bond donors (Lipinski definition) is 0. The molecule has 0 radical (unpaired) electrons. The molecule has 4 rings (SSSR count). The average molecular weight is 486 g/mol. The number of nitrogens with zero attached hydrogens (tertiary/aromatic N) is 1. The Morgan fingerprint density at radius 3 is 2.08 bits per heavy atom. The minimum Gasteiger partial charge on any atom is -0.494 e. The van der Waals surface area contributed by atoms with E-state index in [9.17, 15) is 0 Å². The Morgan fingerprint density at radius 1 is 0.639 bits per heavy atom. The first-order valence-electron chi connectivity index (χ1n) is 13.9. The highest BCUT2D eigenvalue weighted by molar-refractivity contribution is 6.06. The number of hydrogen-bond acceptors (Lipinski definition) is 2. The van der Waals surface area contributed by atoms with Crippen molar-refractivity contribution in [3.63, 3.8) is 0 Å². The summed E-state index contributed by atoms with van der Waals surface area (Å²) in [7, 11) is 0. The quantitative estimate of drug-likeness (QED) is 0.101. The smallest absolute Gasteiger partial charge is 0.221 e. The highest BCUT2D eigenvalue weighted by atomic mass is 19.1. The SMILES string of the molecule is CCCCCCCCc1ccc2c(c1)c(F)nc1cc(-c3ccc(OCCCCCC)cc3)ccc12. The van der Waals surface area contributed by atoms with Crippen molar-refractivity contribution in [2.45, 2.75) is 84.5 Å². The van der Waals surface area contributed by atoms with E-state index in [1.807, 2.05) is 24.3 Å². The van der Waals surface area contributed by atoms with Gasteiger partial charge in [0, 0.05) is 10.8 Å². The van der Waals surface area contributed by atoms with Crippen LogP contribution >= 0.6 is 0 Å². The van der Waals surface area contributed by atoms with Gasteiger partial charge in [0.25, 0.3) is 0 Å². The van der Waals surface area contributed by atoms with E-state index in [-0.39, 0.29) is 5.95 Å². The zero-order valence-corrected chi connectivity index (χ0v) is 22.0. The summed E-state index contributed by atoms with van der Waals surface area (Å²) in [6, 6.07) is 20.5. The van der Waals surface area contributed by atoms with Crippen molar-refractivity contribution in [2.75, 3.05) is 6.61 Å². The topological polar surface area (TPSA) is 22.1 Å². The van der Waals surface area contributed by atoms with Gasteiger partial charge in [-0.25, -0.2) is 4.98 Å². The second kappa shape index (κ2) is 13.4. The van der Waals surface area contributed by atoms with E-state index in [1.54, 1.807) is 0 Å². The third-order valence-electron chi connectivity index (χ3n) is 7.09. The van der Waals surface area contributed by atoms with Crippen molar-refractivity contribution in [3.05, 3.63) is 72.2 Å². The average Bonchev–Trinajstić information content (AvgIpc) is 2.91. The lowest BCUT2D eigenvalue weighted by atomic mass is 9.98. The van der Waals surface area contributed by atoms with E-state index < -0.39 is 0 Å². The van der Waals surface area contributed by atoms with Crippen LogP contribution in [-0.4, -0.2) is 11.6 Å². The zero-order chi connectivity index (χ0) is 25.2. The monoisotopic (exact) mass is 485 g/mol. The number of aromatic nitrogens is 1. The van der Waals surface area contributed by atoms with Crippen LogP contribution in [0.4, 0.5) is 4.39 Å². The van der Waals surface area contributed by atoms with Crippen molar-refractivity contribution in [3.8, 4) is 16.9 Å². The fourth-order valence-electron chi connectivity index (χ4n) is 4.92. The molecule has 0 aliphatic carbocycles.